The lowest BCUT2D eigenvalue weighted by Gasteiger charge is -2.04. The zero-order valence-electron chi connectivity index (χ0n) is 12.1. The Hall–Kier alpha value is -2.55. The third kappa shape index (κ3) is 2.82. The number of aryl methyl sites for hydroxylation is 1. The Bertz CT molecular complexity index is 785. The van der Waals surface area contributed by atoms with Gasteiger partial charge in [-0.1, -0.05) is 18.2 Å². The second kappa shape index (κ2) is 5.44. The van der Waals surface area contributed by atoms with Gasteiger partial charge in [-0.3, -0.25) is 0 Å². The van der Waals surface area contributed by atoms with E-state index in [0.717, 1.165) is 11.9 Å². The summed E-state index contributed by atoms with van der Waals surface area (Å²) in [7, 11) is 1.39. The minimum Gasteiger partial charge on any atom is -0.465 e. The summed E-state index contributed by atoms with van der Waals surface area (Å²) in [5, 5.41) is 1.23. The van der Waals surface area contributed by atoms with Crippen molar-refractivity contribution in [2.45, 2.75) is 13.3 Å². The highest BCUT2D eigenvalue weighted by atomic mass is 16.5. The molecule has 1 aromatic heterocycles. The maximum Gasteiger partial charge on any atom is 0.337 e. The molecule has 3 nitrogen and oxygen atoms in total. The minimum absolute atomic E-state index is 0.300. The van der Waals surface area contributed by atoms with Crippen molar-refractivity contribution in [1.82, 2.24) is 4.98 Å². The van der Waals surface area contributed by atoms with E-state index in [9.17, 15) is 4.79 Å². The van der Waals surface area contributed by atoms with Gasteiger partial charge in [-0.2, -0.15) is 0 Å². The lowest BCUT2D eigenvalue weighted by atomic mass is 10.0. The number of H-pyrrole nitrogens is 1. The number of aromatic amines is 1. The molecule has 0 saturated carbocycles. The van der Waals surface area contributed by atoms with Crippen LogP contribution in [0.3, 0.4) is 0 Å². The number of rotatable bonds is 3. The van der Waals surface area contributed by atoms with Gasteiger partial charge in [0.15, 0.2) is 0 Å². The van der Waals surface area contributed by atoms with E-state index in [1.54, 1.807) is 12.1 Å². The second-order valence-electron chi connectivity index (χ2n) is 5.24. The zero-order valence-corrected chi connectivity index (χ0v) is 12.1. The van der Waals surface area contributed by atoms with Crippen LogP contribution in [-0.4, -0.2) is 18.1 Å². The Labute approximate surface area is 123 Å². The Morgan fingerprint density at radius 3 is 2.48 bits per heavy atom. The van der Waals surface area contributed by atoms with Crippen LogP contribution in [0.25, 0.3) is 10.9 Å². The third-order valence-corrected chi connectivity index (χ3v) is 3.60. The number of aromatic nitrogens is 1. The highest BCUT2D eigenvalue weighted by Crippen LogP contribution is 2.19. The number of carbonyl (C=O) groups excluding carboxylic acids is 1. The molecule has 0 amide bonds. The molecular weight excluding hydrogens is 262 g/mol. The van der Waals surface area contributed by atoms with Gasteiger partial charge in [-0.25, -0.2) is 4.79 Å². The van der Waals surface area contributed by atoms with E-state index in [1.807, 2.05) is 12.1 Å². The summed E-state index contributed by atoms with van der Waals surface area (Å²) in [6.07, 6.45) is 0.849. The molecule has 2 aromatic carbocycles. The molecule has 0 spiro atoms. The number of ether oxygens (including phenoxy) is 1. The fourth-order valence-corrected chi connectivity index (χ4v) is 2.55. The molecule has 0 fully saturated rings. The van der Waals surface area contributed by atoms with Crippen molar-refractivity contribution in [2.75, 3.05) is 7.11 Å². The van der Waals surface area contributed by atoms with Gasteiger partial charge in [0.05, 0.1) is 12.7 Å². The van der Waals surface area contributed by atoms with Crippen molar-refractivity contribution in [3.8, 4) is 0 Å². The summed E-state index contributed by atoms with van der Waals surface area (Å²) in [6, 6.07) is 16.1. The van der Waals surface area contributed by atoms with Crippen molar-refractivity contribution in [3.05, 3.63) is 70.9 Å². The summed E-state index contributed by atoms with van der Waals surface area (Å²) in [5.41, 5.74) is 5.35. The summed E-state index contributed by atoms with van der Waals surface area (Å²) < 4.78 is 4.70. The highest BCUT2D eigenvalue weighted by Gasteiger charge is 2.05. The molecule has 1 heterocycles. The molecule has 0 atom stereocenters. The van der Waals surface area contributed by atoms with Gasteiger partial charge < -0.3 is 9.72 Å². The molecule has 0 aliphatic carbocycles. The van der Waals surface area contributed by atoms with Gasteiger partial charge in [0.1, 0.15) is 0 Å². The van der Waals surface area contributed by atoms with Crippen LogP contribution in [0.2, 0.25) is 0 Å². The van der Waals surface area contributed by atoms with Crippen molar-refractivity contribution < 1.29 is 9.53 Å². The zero-order chi connectivity index (χ0) is 14.8. The van der Waals surface area contributed by atoms with Gasteiger partial charge in [0.25, 0.3) is 0 Å². The van der Waals surface area contributed by atoms with Crippen LogP contribution < -0.4 is 0 Å². The van der Waals surface area contributed by atoms with Gasteiger partial charge in [0, 0.05) is 11.2 Å². The van der Waals surface area contributed by atoms with E-state index >= 15 is 0 Å². The van der Waals surface area contributed by atoms with Gasteiger partial charge >= 0.3 is 5.97 Å². The number of hydrogen-bond donors (Lipinski definition) is 1. The Kier molecular flexibility index (Phi) is 3.48. The van der Waals surface area contributed by atoms with Crippen molar-refractivity contribution in [1.29, 1.82) is 0 Å². The van der Waals surface area contributed by atoms with E-state index < -0.39 is 0 Å². The maximum absolute atomic E-state index is 11.4. The summed E-state index contributed by atoms with van der Waals surface area (Å²) in [6.45, 7) is 2.06. The van der Waals surface area contributed by atoms with Crippen molar-refractivity contribution >= 4 is 16.9 Å². The molecule has 0 unspecified atom stereocenters. The minimum atomic E-state index is -0.300. The highest BCUT2D eigenvalue weighted by molar-refractivity contribution is 5.89. The summed E-state index contributed by atoms with van der Waals surface area (Å²) in [5.74, 6) is -0.300. The van der Waals surface area contributed by atoms with Crippen LogP contribution in [0.15, 0.2) is 48.5 Å². The molecule has 3 aromatic rings. The van der Waals surface area contributed by atoms with E-state index in [1.165, 1.54) is 29.3 Å². The Morgan fingerprint density at radius 2 is 1.76 bits per heavy atom. The first-order valence-corrected chi connectivity index (χ1v) is 6.91. The van der Waals surface area contributed by atoms with Crippen molar-refractivity contribution in [2.24, 2.45) is 0 Å². The fraction of sp³-hybridized carbons (Fsp3) is 0.167. The molecular formula is C18H17NO2. The summed E-state index contributed by atoms with van der Waals surface area (Å²) >= 11 is 0. The Morgan fingerprint density at radius 1 is 1.05 bits per heavy atom. The van der Waals surface area contributed by atoms with Crippen LogP contribution in [-0.2, 0) is 11.2 Å². The predicted octanol–water partition coefficient (Wildman–Crippen LogP) is 3.85. The second-order valence-corrected chi connectivity index (χ2v) is 5.24. The van der Waals surface area contributed by atoms with E-state index in [2.05, 4.69) is 36.2 Å². The number of fused-ring (bicyclic) bond motifs is 1. The SMILES string of the molecule is COC(=O)c1ccc(Cc2ccc3[nH]c(C)cc3c2)cc1. The van der Waals surface area contributed by atoms with E-state index in [0.29, 0.717) is 5.56 Å². The number of esters is 1. The number of nitrogens with one attached hydrogen (secondary N) is 1. The summed E-state index contributed by atoms with van der Waals surface area (Å²) in [4.78, 5) is 14.7. The Balaban J connectivity index is 1.82. The van der Waals surface area contributed by atoms with Crippen LogP contribution in [0.5, 0.6) is 0 Å². The van der Waals surface area contributed by atoms with Crippen LogP contribution in [0.1, 0.15) is 27.2 Å². The first-order chi connectivity index (χ1) is 10.2. The number of methoxy groups -OCH3 is 1. The van der Waals surface area contributed by atoms with Gasteiger partial charge in [-0.05, 0) is 60.2 Å². The topological polar surface area (TPSA) is 42.1 Å². The van der Waals surface area contributed by atoms with Gasteiger partial charge in [-0.15, -0.1) is 0 Å². The molecule has 3 heteroatoms. The molecule has 106 valence electrons. The van der Waals surface area contributed by atoms with E-state index in [-0.39, 0.29) is 5.97 Å². The normalized spacial score (nSPS) is 10.8. The largest absolute Gasteiger partial charge is 0.465 e. The number of carbonyl (C=O) groups is 1. The maximum atomic E-state index is 11.4. The molecule has 3 rings (SSSR count). The van der Waals surface area contributed by atoms with Gasteiger partial charge in [0.2, 0.25) is 0 Å². The number of benzene rings is 2. The quantitative estimate of drug-likeness (QED) is 0.740. The lowest BCUT2D eigenvalue weighted by molar-refractivity contribution is 0.0600. The van der Waals surface area contributed by atoms with Crippen LogP contribution in [0, 0.1) is 6.92 Å². The first kappa shape index (κ1) is 13.4. The fourth-order valence-electron chi connectivity index (χ4n) is 2.55. The molecule has 0 saturated heterocycles. The first-order valence-electron chi connectivity index (χ1n) is 6.91. The molecule has 0 aliphatic rings. The monoisotopic (exact) mass is 279 g/mol. The predicted molar refractivity (Wildman–Crippen MR) is 83.6 cm³/mol. The molecule has 0 aliphatic heterocycles. The molecule has 21 heavy (non-hydrogen) atoms. The van der Waals surface area contributed by atoms with Crippen LogP contribution in [0.4, 0.5) is 0 Å². The average molecular weight is 279 g/mol. The standard InChI is InChI=1S/C18H17NO2/c1-12-9-16-11-14(5-8-17(16)19-12)10-13-3-6-15(7-4-13)18(20)21-2/h3-9,11,19H,10H2,1-2H3. The third-order valence-electron chi connectivity index (χ3n) is 3.60. The average Bonchev–Trinajstić information content (AvgIpc) is 2.86. The molecule has 0 bridgehead atoms. The number of hydrogen-bond acceptors (Lipinski definition) is 2. The van der Waals surface area contributed by atoms with E-state index in [4.69, 9.17) is 4.74 Å². The molecule has 0 radical (unpaired) electrons. The molecule has 1 N–H and O–H groups in total. The van der Waals surface area contributed by atoms with Crippen molar-refractivity contribution in [3.63, 3.8) is 0 Å². The lowest BCUT2D eigenvalue weighted by Crippen LogP contribution is -2.00. The smallest absolute Gasteiger partial charge is 0.337 e. The van der Waals surface area contributed by atoms with Crippen LogP contribution >= 0.6 is 0 Å².